The van der Waals surface area contributed by atoms with Crippen molar-refractivity contribution >= 4 is 23.4 Å². The van der Waals surface area contributed by atoms with Gasteiger partial charge in [0.25, 0.3) is 5.56 Å². The minimum absolute atomic E-state index is 0.100. The Kier molecular flexibility index (Phi) is 8.01. The number of carbonyl (C=O) groups excluding carboxylic acids is 1. The number of benzene rings is 1. The number of amides is 1. The first-order valence-corrected chi connectivity index (χ1v) is 11.7. The first-order chi connectivity index (χ1) is 14.9. The molecule has 0 spiro atoms. The summed E-state index contributed by atoms with van der Waals surface area (Å²) in [5, 5.41) is 0.230. The molecule has 1 N–H and O–H groups in total. The zero-order chi connectivity index (χ0) is 22.4. The maximum absolute atomic E-state index is 13.3. The summed E-state index contributed by atoms with van der Waals surface area (Å²) >= 11 is 1.36. The van der Waals surface area contributed by atoms with Crippen molar-refractivity contribution in [2.45, 2.75) is 44.0 Å². The Morgan fingerprint density at radius 2 is 1.94 bits per heavy atom. The molecule has 0 saturated carbocycles. The average Bonchev–Trinajstić information content (AvgIpc) is 2.77. The molecule has 8 heteroatoms. The van der Waals surface area contributed by atoms with Crippen LogP contribution in [0.2, 0.25) is 0 Å². The van der Waals surface area contributed by atoms with Crippen molar-refractivity contribution in [1.82, 2.24) is 14.9 Å². The molecule has 1 fully saturated rings. The van der Waals surface area contributed by atoms with Crippen molar-refractivity contribution in [3.8, 4) is 5.75 Å². The second kappa shape index (κ2) is 10.7. The number of nitrogens with zero attached hydrogens (tertiary/aromatic N) is 3. The molecule has 3 rings (SSSR count). The van der Waals surface area contributed by atoms with Crippen molar-refractivity contribution in [3.05, 3.63) is 46.4 Å². The molecule has 1 aromatic heterocycles. The molecule has 1 aromatic carbocycles. The molecule has 31 heavy (non-hydrogen) atoms. The number of nitrogens with one attached hydrogen (secondary N) is 1. The quantitative estimate of drug-likeness (QED) is 0.498. The molecule has 2 heterocycles. The minimum Gasteiger partial charge on any atom is -0.495 e. The summed E-state index contributed by atoms with van der Waals surface area (Å²) in [6.07, 6.45) is 1.67. The number of hydrogen-bond donors (Lipinski definition) is 1. The summed E-state index contributed by atoms with van der Waals surface area (Å²) in [5.41, 5.74) is 1.66. The van der Waals surface area contributed by atoms with Crippen molar-refractivity contribution < 1.29 is 9.53 Å². The van der Waals surface area contributed by atoms with Gasteiger partial charge in [-0.1, -0.05) is 51.1 Å². The number of para-hydroxylation sites is 2. The molecule has 1 saturated heterocycles. The highest BCUT2D eigenvalue weighted by molar-refractivity contribution is 8.00. The van der Waals surface area contributed by atoms with Crippen LogP contribution in [-0.4, -0.2) is 59.3 Å². The van der Waals surface area contributed by atoms with Crippen LogP contribution in [0.3, 0.4) is 0 Å². The van der Waals surface area contributed by atoms with Gasteiger partial charge in [0, 0.05) is 37.9 Å². The van der Waals surface area contributed by atoms with Crippen molar-refractivity contribution in [1.29, 1.82) is 0 Å². The average molecular weight is 445 g/mol. The number of thioether (sulfide) groups is 1. The van der Waals surface area contributed by atoms with Crippen LogP contribution in [0.25, 0.3) is 0 Å². The fourth-order valence-electron chi connectivity index (χ4n) is 3.75. The topological polar surface area (TPSA) is 78.5 Å². The Morgan fingerprint density at radius 1 is 1.23 bits per heavy atom. The number of H-pyrrole nitrogens is 1. The summed E-state index contributed by atoms with van der Waals surface area (Å²) in [6.45, 7) is 8.94. The molecular weight excluding hydrogens is 412 g/mol. The normalized spacial score (nSPS) is 15.3. The Balaban J connectivity index is 1.68. The Bertz CT molecular complexity index is 938. The standard InChI is InChI=1S/C23H32N4O3S/c1-5-8-17-15-20(28)25-23(24-17)31-21(16(2)3)22(29)27-13-11-26(12-14-27)18-9-6-7-10-19(18)30-4/h6-7,9-10,15-16,21H,5,8,11-14H2,1-4H3,(H,24,25,28). The number of ether oxygens (including phenoxy) is 1. The van der Waals surface area contributed by atoms with E-state index >= 15 is 0 Å². The van der Waals surface area contributed by atoms with Gasteiger partial charge in [-0.25, -0.2) is 4.98 Å². The second-order valence-corrected chi connectivity index (χ2v) is 9.19. The number of hydrogen-bond acceptors (Lipinski definition) is 6. The summed E-state index contributed by atoms with van der Waals surface area (Å²) in [6, 6.07) is 9.51. The van der Waals surface area contributed by atoms with E-state index in [-0.39, 0.29) is 22.6 Å². The van der Waals surface area contributed by atoms with Crippen molar-refractivity contribution in [3.63, 3.8) is 0 Å². The highest BCUT2D eigenvalue weighted by Gasteiger charge is 2.31. The lowest BCUT2D eigenvalue weighted by Crippen LogP contribution is -2.51. The second-order valence-electron chi connectivity index (χ2n) is 8.06. The lowest BCUT2D eigenvalue weighted by atomic mass is 10.1. The van der Waals surface area contributed by atoms with Crippen LogP contribution in [0.15, 0.2) is 40.3 Å². The smallest absolute Gasteiger partial charge is 0.251 e. The highest BCUT2D eigenvalue weighted by atomic mass is 32.2. The molecule has 1 aliphatic rings. The fourth-order valence-corrected chi connectivity index (χ4v) is 4.85. The lowest BCUT2D eigenvalue weighted by Gasteiger charge is -2.38. The van der Waals surface area contributed by atoms with E-state index in [9.17, 15) is 9.59 Å². The maximum atomic E-state index is 13.3. The van der Waals surface area contributed by atoms with Gasteiger partial charge in [0.1, 0.15) is 5.75 Å². The summed E-state index contributed by atoms with van der Waals surface area (Å²) in [7, 11) is 1.68. The fraction of sp³-hybridized carbons (Fsp3) is 0.522. The number of rotatable bonds is 8. The summed E-state index contributed by atoms with van der Waals surface area (Å²) in [4.78, 5) is 36.9. The van der Waals surface area contributed by atoms with E-state index in [0.717, 1.165) is 43.1 Å². The van der Waals surface area contributed by atoms with E-state index in [2.05, 4.69) is 21.8 Å². The maximum Gasteiger partial charge on any atom is 0.251 e. The van der Waals surface area contributed by atoms with Gasteiger partial charge in [0.15, 0.2) is 5.16 Å². The van der Waals surface area contributed by atoms with E-state index in [1.165, 1.54) is 17.8 Å². The SMILES string of the molecule is CCCc1cc(=O)[nH]c(SC(C(=O)N2CCN(c3ccccc3OC)CC2)C(C)C)n1. The van der Waals surface area contributed by atoms with Crippen LogP contribution >= 0.6 is 11.8 Å². The molecule has 0 bridgehead atoms. The van der Waals surface area contributed by atoms with Gasteiger partial charge in [0.2, 0.25) is 5.91 Å². The van der Waals surface area contributed by atoms with E-state index in [0.29, 0.717) is 18.2 Å². The van der Waals surface area contributed by atoms with Gasteiger partial charge in [-0.05, 0) is 24.5 Å². The zero-order valence-corrected chi connectivity index (χ0v) is 19.6. The number of aryl methyl sites for hydroxylation is 1. The van der Waals surface area contributed by atoms with Crippen LogP contribution in [-0.2, 0) is 11.2 Å². The van der Waals surface area contributed by atoms with Gasteiger partial charge in [-0.3, -0.25) is 9.59 Å². The molecule has 1 unspecified atom stereocenters. The van der Waals surface area contributed by atoms with Crippen molar-refractivity contribution in [2.75, 3.05) is 38.2 Å². The van der Waals surface area contributed by atoms with Gasteiger partial charge in [-0.2, -0.15) is 0 Å². The molecule has 1 amide bonds. The molecule has 0 aliphatic carbocycles. The number of piperazine rings is 1. The van der Waals surface area contributed by atoms with E-state index in [4.69, 9.17) is 4.74 Å². The Morgan fingerprint density at radius 3 is 2.58 bits per heavy atom. The van der Waals surface area contributed by atoms with Gasteiger partial charge >= 0.3 is 0 Å². The molecular formula is C23H32N4O3S. The number of aromatic amines is 1. The van der Waals surface area contributed by atoms with Crippen LogP contribution in [0, 0.1) is 5.92 Å². The van der Waals surface area contributed by atoms with Gasteiger partial charge in [-0.15, -0.1) is 0 Å². The van der Waals surface area contributed by atoms with Gasteiger partial charge in [0.05, 0.1) is 18.0 Å². The van der Waals surface area contributed by atoms with E-state index in [1.54, 1.807) is 7.11 Å². The van der Waals surface area contributed by atoms with Crippen LogP contribution in [0.4, 0.5) is 5.69 Å². The van der Waals surface area contributed by atoms with Crippen LogP contribution in [0.5, 0.6) is 5.75 Å². The first-order valence-electron chi connectivity index (χ1n) is 10.9. The molecule has 7 nitrogen and oxygen atoms in total. The molecule has 1 atom stereocenters. The third-order valence-corrected chi connectivity index (χ3v) is 6.80. The number of methoxy groups -OCH3 is 1. The number of carbonyl (C=O) groups is 1. The Labute approximate surface area is 188 Å². The van der Waals surface area contributed by atoms with Crippen LogP contribution < -0.4 is 15.2 Å². The van der Waals surface area contributed by atoms with Gasteiger partial charge < -0.3 is 19.5 Å². The molecule has 1 aliphatic heterocycles. The number of anilines is 1. The number of aromatic nitrogens is 2. The predicted molar refractivity (Wildman–Crippen MR) is 125 cm³/mol. The highest BCUT2D eigenvalue weighted by Crippen LogP contribution is 2.30. The Hall–Kier alpha value is -2.48. The van der Waals surface area contributed by atoms with Crippen molar-refractivity contribution in [2.24, 2.45) is 5.92 Å². The molecule has 0 radical (unpaired) electrons. The molecule has 168 valence electrons. The minimum atomic E-state index is -0.294. The van der Waals surface area contributed by atoms with Crippen LogP contribution in [0.1, 0.15) is 32.9 Å². The largest absolute Gasteiger partial charge is 0.495 e. The molecule has 2 aromatic rings. The lowest BCUT2D eigenvalue weighted by molar-refractivity contribution is -0.131. The summed E-state index contributed by atoms with van der Waals surface area (Å²) in [5.74, 6) is 1.06. The first kappa shape index (κ1) is 23.2. The third kappa shape index (κ3) is 5.81. The van der Waals surface area contributed by atoms with E-state index < -0.39 is 0 Å². The monoisotopic (exact) mass is 444 g/mol. The summed E-state index contributed by atoms with van der Waals surface area (Å²) < 4.78 is 5.48. The van der Waals surface area contributed by atoms with E-state index in [1.807, 2.05) is 43.0 Å². The predicted octanol–water partition coefficient (Wildman–Crippen LogP) is 3.20. The third-order valence-electron chi connectivity index (χ3n) is 5.38. The zero-order valence-electron chi connectivity index (χ0n) is 18.8.